The van der Waals surface area contributed by atoms with E-state index in [1.54, 1.807) is 0 Å². The molecule has 6 radical (unpaired) electrons. The van der Waals surface area contributed by atoms with E-state index in [4.69, 9.17) is 0 Å². The van der Waals surface area contributed by atoms with Crippen molar-refractivity contribution in [3.8, 4) is 0 Å². The van der Waals surface area contributed by atoms with Gasteiger partial charge in [-0.2, -0.15) is 0 Å². The SMILES string of the molecule is [Sn][c]1cccc[c]1[Sn]. The molecule has 0 atom stereocenters. The summed E-state index contributed by atoms with van der Waals surface area (Å²) in [6.07, 6.45) is 0. The molecule has 0 saturated heterocycles. The molecule has 0 aromatic heterocycles. The molecule has 0 aliphatic rings. The van der Waals surface area contributed by atoms with Crippen molar-refractivity contribution < 1.29 is 0 Å². The molecule has 1 aromatic rings. The monoisotopic (exact) mass is 316 g/mol. The van der Waals surface area contributed by atoms with Crippen molar-refractivity contribution in [1.29, 1.82) is 0 Å². The van der Waals surface area contributed by atoms with Crippen LogP contribution in [0.4, 0.5) is 0 Å². The number of rotatable bonds is 0. The maximum atomic E-state index is 2.18. The van der Waals surface area contributed by atoms with Crippen molar-refractivity contribution in [3.05, 3.63) is 24.3 Å². The molecule has 36 valence electrons. The first-order chi connectivity index (χ1) is 3.80. The van der Waals surface area contributed by atoms with Crippen LogP contribution in [0.3, 0.4) is 0 Å². The summed E-state index contributed by atoms with van der Waals surface area (Å²) in [6, 6.07) is 8.56. The summed E-state index contributed by atoms with van der Waals surface area (Å²) < 4.78 is 3.00. The Hall–Kier alpha value is 0.817. The van der Waals surface area contributed by atoms with Gasteiger partial charge in [-0.1, -0.05) is 0 Å². The van der Waals surface area contributed by atoms with Crippen LogP contribution in [0, 0.1) is 0 Å². The standard InChI is InChI=1S/C6H4.2Sn/c1-2-4-6-5-3-1;;/h1-4H;;. The van der Waals surface area contributed by atoms with Gasteiger partial charge in [-0.25, -0.2) is 0 Å². The van der Waals surface area contributed by atoms with Crippen LogP contribution < -0.4 is 7.16 Å². The first kappa shape index (κ1) is 6.93. The predicted octanol–water partition coefficient (Wildman–Crippen LogP) is -0.726. The number of hydrogen-bond donors (Lipinski definition) is 0. The van der Waals surface area contributed by atoms with E-state index in [0.717, 1.165) is 0 Å². The van der Waals surface area contributed by atoms with Crippen LogP contribution in [0.5, 0.6) is 0 Å². The van der Waals surface area contributed by atoms with Gasteiger partial charge in [0.25, 0.3) is 0 Å². The normalized spacial score (nSPS) is 9.25. The fourth-order valence-corrected chi connectivity index (χ4v) is 1.51. The van der Waals surface area contributed by atoms with Crippen LogP contribution in [-0.2, 0) is 0 Å². The van der Waals surface area contributed by atoms with Crippen molar-refractivity contribution in [2.75, 3.05) is 0 Å². The molecule has 2 heteroatoms. The molecule has 0 aliphatic heterocycles. The molecule has 0 unspecified atom stereocenters. The average Bonchev–Trinajstić information content (AvgIpc) is 1.77. The van der Waals surface area contributed by atoms with Crippen LogP contribution in [0.25, 0.3) is 0 Å². The molecule has 0 heterocycles. The van der Waals surface area contributed by atoms with E-state index in [2.05, 4.69) is 24.3 Å². The van der Waals surface area contributed by atoms with Gasteiger partial charge in [-0.15, -0.1) is 0 Å². The Morgan fingerprint density at radius 3 is 1.50 bits per heavy atom. The van der Waals surface area contributed by atoms with E-state index in [1.165, 1.54) is 52.2 Å². The molecule has 0 amide bonds. The Morgan fingerprint density at radius 1 is 0.875 bits per heavy atom. The van der Waals surface area contributed by atoms with Gasteiger partial charge in [0.2, 0.25) is 0 Å². The molecular weight excluding hydrogens is 309 g/mol. The Morgan fingerprint density at radius 2 is 1.25 bits per heavy atom. The summed E-state index contributed by atoms with van der Waals surface area (Å²) in [4.78, 5) is 0. The number of hydrogen-bond acceptors (Lipinski definition) is 0. The first-order valence-electron chi connectivity index (χ1n) is 2.33. The summed E-state index contributed by atoms with van der Waals surface area (Å²) >= 11 is 3.06. The van der Waals surface area contributed by atoms with Crippen molar-refractivity contribution in [1.82, 2.24) is 0 Å². The maximum absolute atomic E-state index is 2.18. The zero-order valence-corrected chi connectivity index (χ0v) is 10.0. The van der Waals surface area contributed by atoms with Crippen LogP contribution in [0.1, 0.15) is 0 Å². The van der Waals surface area contributed by atoms with Gasteiger partial charge in [0.05, 0.1) is 0 Å². The van der Waals surface area contributed by atoms with Gasteiger partial charge in [0.15, 0.2) is 0 Å². The van der Waals surface area contributed by atoms with Crippen molar-refractivity contribution >= 4 is 52.2 Å². The van der Waals surface area contributed by atoms with Gasteiger partial charge in [-0.05, 0) is 0 Å². The van der Waals surface area contributed by atoms with Gasteiger partial charge in [-0.3, -0.25) is 0 Å². The third-order valence-electron chi connectivity index (χ3n) is 0.927. The quantitative estimate of drug-likeness (QED) is 0.554. The second kappa shape index (κ2) is 3.10. The molecule has 0 nitrogen and oxygen atoms in total. The van der Waals surface area contributed by atoms with Crippen LogP contribution in [0.2, 0.25) is 0 Å². The summed E-state index contributed by atoms with van der Waals surface area (Å²) in [5.74, 6) is 0. The van der Waals surface area contributed by atoms with E-state index in [-0.39, 0.29) is 0 Å². The Labute approximate surface area is 75.8 Å². The summed E-state index contributed by atoms with van der Waals surface area (Å²) in [5, 5.41) is 0. The van der Waals surface area contributed by atoms with Crippen molar-refractivity contribution in [2.45, 2.75) is 0 Å². The Kier molecular flexibility index (Phi) is 2.69. The third kappa shape index (κ3) is 1.65. The van der Waals surface area contributed by atoms with Crippen molar-refractivity contribution in [3.63, 3.8) is 0 Å². The zero-order valence-electron chi connectivity index (χ0n) is 4.31. The van der Waals surface area contributed by atoms with Gasteiger partial charge < -0.3 is 0 Å². The second-order valence-corrected chi connectivity index (χ2v) is 4.62. The minimum absolute atomic E-state index is 1.50. The predicted molar refractivity (Wildman–Crippen MR) is 37.2 cm³/mol. The molecule has 0 aliphatic carbocycles. The van der Waals surface area contributed by atoms with E-state index in [0.29, 0.717) is 0 Å². The van der Waals surface area contributed by atoms with E-state index < -0.39 is 0 Å². The molecule has 0 N–H and O–H groups in total. The van der Waals surface area contributed by atoms with E-state index in [1.807, 2.05) is 0 Å². The summed E-state index contributed by atoms with van der Waals surface area (Å²) in [5.41, 5.74) is 0. The summed E-state index contributed by atoms with van der Waals surface area (Å²) in [7, 11) is 0. The molecule has 0 spiro atoms. The van der Waals surface area contributed by atoms with Crippen LogP contribution >= 0.6 is 0 Å². The van der Waals surface area contributed by atoms with Gasteiger partial charge >= 0.3 is 76.5 Å². The first-order valence-corrected chi connectivity index (χ1v) is 5.18. The van der Waals surface area contributed by atoms with Crippen molar-refractivity contribution in [2.24, 2.45) is 0 Å². The van der Waals surface area contributed by atoms with Crippen LogP contribution in [-0.4, -0.2) is 45.0 Å². The molecular formula is C6H4Sn2. The fourth-order valence-electron chi connectivity index (χ4n) is 0.483. The molecule has 8 heavy (non-hydrogen) atoms. The zero-order chi connectivity index (χ0) is 5.98. The van der Waals surface area contributed by atoms with Gasteiger partial charge in [0, 0.05) is 0 Å². The van der Waals surface area contributed by atoms with E-state index in [9.17, 15) is 0 Å². The minimum atomic E-state index is 1.50. The number of benzene rings is 1. The van der Waals surface area contributed by atoms with Gasteiger partial charge in [0.1, 0.15) is 0 Å². The topological polar surface area (TPSA) is 0 Å². The molecule has 0 saturated carbocycles. The Bertz CT molecular complexity index is 163. The summed E-state index contributed by atoms with van der Waals surface area (Å²) in [6.45, 7) is 0. The third-order valence-corrected chi connectivity index (χ3v) is 5.45. The molecule has 0 bridgehead atoms. The molecule has 1 rings (SSSR count). The molecule has 1 aromatic carbocycles. The molecule has 0 fully saturated rings. The fraction of sp³-hybridized carbons (Fsp3) is 0. The second-order valence-electron chi connectivity index (χ2n) is 1.55. The van der Waals surface area contributed by atoms with E-state index >= 15 is 0 Å². The average molecular weight is 314 g/mol. The van der Waals surface area contributed by atoms with Crippen LogP contribution in [0.15, 0.2) is 24.3 Å². The Balaban J connectivity index is 3.13.